The van der Waals surface area contributed by atoms with Crippen molar-refractivity contribution in [3.05, 3.63) is 23.9 Å². The van der Waals surface area contributed by atoms with E-state index in [1.807, 2.05) is 19.1 Å². The standard InChI is InChI=1S/C10H11N3O/c1-6-3-9(11)8-5-12-13(7(2)14)10(8)4-6/h3-5H,11H2,1-2H3. The molecule has 0 unspecified atom stereocenters. The molecule has 0 atom stereocenters. The maximum Gasteiger partial charge on any atom is 0.244 e. The highest BCUT2D eigenvalue weighted by Crippen LogP contribution is 2.22. The molecule has 1 heterocycles. The van der Waals surface area contributed by atoms with E-state index < -0.39 is 0 Å². The summed E-state index contributed by atoms with van der Waals surface area (Å²) in [5.41, 5.74) is 8.26. The van der Waals surface area contributed by atoms with Crippen molar-refractivity contribution in [2.75, 3.05) is 5.73 Å². The number of hydrogen-bond donors (Lipinski definition) is 1. The molecule has 0 aliphatic carbocycles. The number of nitrogens with zero attached hydrogens (tertiary/aromatic N) is 2. The molecule has 2 aromatic rings. The van der Waals surface area contributed by atoms with Crippen LogP contribution in [0.15, 0.2) is 18.3 Å². The normalized spacial score (nSPS) is 10.7. The molecule has 0 saturated heterocycles. The first kappa shape index (κ1) is 8.74. The molecule has 4 nitrogen and oxygen atoms in total. The molecule has 4 heteroatoms. The molecule has 14 heavy (non-hydrogen) atoms. The smallest absolute Gasteiger partial charge is 0.244 e. The van der Waals surface area contributed by atoms with Gasteiger partial charge in [-0.2, -0.15) is 5.10 Å². The predicted molar refractivity (Wildman–Crippen MR) is 55.2 cm³/mol. The second-order valence-corrected chi connectivity index (χ2v) is 3.36. The fourth-order valence-electron chi connectivity index (χ4n) is 1.55. The van der Waals surface area contributed by atoms with Crippen LogP contribution in [0.2, 0.25) is 0 Å². The highest BCUT2D eigenvalue weighted by atomic mass is 16.2. The van der Waals surface area contributed by atoms with Crippen LogP contribution < -0.4 is 5.73 Å². The number of nitrogen functional groups attached to an aromatic ring is 1. The Bertz CT molecular complexity index is 513. The monoisotopic (exact) mass is 189 g/mol. The summed E-state index contributed by atoms with van der Waals surface area (Å²) in [7, 11) is 0. The van der Waals surface area contributed by atoms with Crippen LogP contribution in [0, 0.1) is 6.92 Å². The topological polar surface area (TPSA) is 60.9 Å². The van der Waals surface area contributed by atoms with E-state index >= 15 is 0 Å². The van der Waals surface area contributed by atoms with Gasteiger partial charge >= 0.3 is 0 Å². The predicted octanol–water partition coefficient (Wildman–Crippen LogP) is 1.59. The van der Waals surface area contributed by atoms with Crippen LogP contribution in [-0.2, 0) is 0 Å². The lowest BCUT2D eigenvalue weighted by Gasteiger charge is -2.00. The number of anilines is 1. The van der Waals surface area contributed by atoms with Gasteiger partial charge in [-0.1, -0.05) is 0 Å². The van der Waals surface area contributed by atoms with Crippen LogP contribution in [0.1, 0.15) is 17.3 Å². The number of carbonyl (C=O) groups is 1. The zero-order valence-corrected chi connectivity index (χ0v) is 8.11. The quantitative estimate of drug-likeness (QED) is 0.640. The Labute approximate surface area is 81.3 Å². The number of rotatable bonds is 0. The van der Waals surface area contributed by atoms with E-state index in [2.05, 4.69) is 5.10 Å². The Morgan fingerprint density at radius 3 is 2.86 bits per heavy atom. The summed E-state index contributed by atoms with van der Waals surface area (Å²) < 4.78 is 1.36. The zero-order valence-electron chi connectivity index (χ0n) is 8.11. The molecule has 0 aliphatic heterocycles. The van der Waals surface area contributed by atoms with Gasteiger partial charge in [-0.3, -0.25) is 4.79 Å². The van der Waals surface area contributed by atoms with Gasteiger partial charge in [0.05, 0.1) is 11.7 Å². The molecule has 1 aromatic heterocycles. The van der Waals surface area contributed by atoms with Crippen LogP contribution in [0.3, 0.4) is 0 Å². The Morgan fingerprint density at radius 1 is 1.50 bits per heavy atom. The number of benzene rings is 1. The van der Waals surface area contributed by atoms with E-state index in [-0.39, 0.29) is 5.91 Å². The SMILES string of the molecule is CC(=O)n1ncc2c(N)cc(C)cc21. The van der Waals surface area contributed by atoms with Crippen molar-refractivity contribution in [2.45, 2.75) is 13.8 Å². The van der Waals surface area contributed by atoms with Gasteiger partial charge in [-0.05, 0) is 24.6 Å². The zero-order chi connectivity index (χ0) is 10.3. The lowest BCUT2D eigenvalue weighted by atomic mass is 10.1. The number of fused-ring (bicyclic) bond motifs is 1. The van der Waals surface area contributed by atoms with E-state index in [4.69, 9.17) is 5.73 Å². The van der Waals surface area contributed by atoms with Gasteiger partial charge in [-0.15, -0.1) is 0 Å². The summed E-state index contributed by atoms with van der Waals surface area (Å²) in [6.07, 6.45) is 1.62. The molecule has 72 valence electrons. The highest BCUT2D eigenvalue weighted by molar-refractivity contribution is 5.96. The van der Waals surface area contributed by atoms with Crippen molar-refractivity contribution in [3.63, 3.8) is 0 Å². The minimum Gasteiger partial charge on any atom is -0.398 e. The van der Waals surface area contributed by atoms with Crippen molar-refractivity contribution in [1.82, 2.24) is 9.78 Å². The van der Waals surface area contributed by atoms with Crippen LogP contribution >= 0.6 is 0 Å². The Morgan fingerprint density at radius 2 is 2.21 bits per heavy atom. The Hall–Kier alpha value is -1.84. The van der Waals surface area contributed by atoms with Crippen LogP contribution in [0.25, 0.3) is 10.9 Å². The van der Waals surface area contributed by atoms with Gasteiger partial charge in [0.2, 0.25) is 5.91 Å². The molecule has 0 aliphatic rings. The van der Waals surface area contributed by atoms with E-state index in [1.165, 1.54) is 11.6 Å². The second kappa shape index (κ2) is 2.83. The Balaban J connectivity index is 2.85. The molecule has 2 rings (SSSR count). The summed E-state index contributed by atoms with van der Waals surface area (Å²) in [4.78, 5) is 11.2. The van der Waals surface area contributed by atoms with Crippen molar-refractivity contribution in [2.24, 2.45) is 0 Å². The van der Waals surface area contributed by atoms with E-state index in [0.717, 1.165) is 16.5 Å². The molecule has 0 fully saturated rings. The van der Waals surface area contributed by atoms with Crippen molar-refractivity contribution in [1.29, 1.82) is 0 Å². The van der Waals surface area contributed by atoms with Gasteiger partial charge in [0.1, 0.15) is 0 Å². The number of nitrogens with two attached hydrogens (primary N) is 1. The van der Waals surface area contributed by atoms with Gasteiger partial charge in [-0.25, -0.2) is 4.68 Å². The third-order valence-electron chi connectivity index (χ3n) is 2.16. The lowest BCUT2D eigenvalue weighted by molar-refractivity contribution is 0.0927. The molecular weight excluding hydrogens is 178 g/mol. The summed E-state index contributed by atoms with van der Waals surface area (Å²) in [6.45, 7) is 3.41. The minimum absolute atomic E-state index is 0.106. The first-order valence-corrected chi connectivity index (χ1v) is 4.34. The van der Waals surface area contributed by atoms with Crippen LogP contribution in [-0.4, -0.2) is 15.7 Å². The largest absolute Gasteiger partial charge is 0.398 e. The van der Waals surface area contributed by atoms with E-state index in [1.54, 1.807) is 6.20 Å². The maximum absolute atomic E-state index is 11.2. The fourth-order valence-corrected chi connectivity index (χ4v) is 1.55. The first-order valence-electron chi connectivity index (χ1n) is 4.34. The number of aromatic nitrogens is 2. The van der Waals surface area contributed by atoms with Crippen molar-refractivity contribution >= 4 is 22.5 Å². The maximum atomic E-state index is 11.2. The highest BCUT2D eigenvalue weighted by Gasteiger charge is 2.08. The third-order valence-corrected chi connectivity index (χ3v) is 2.16. The number of aryl methyl sites for hydroxylation is 1. The van der Waals surface area contributed by atoms with Crippen molar-refractivity contribution < 1.29 is 4.79 Å². The van der Waals surface area contributed by atoms with E-state index in [9.17, 15) is 4.79 Å². The van der Waals surface area contributed by atoms with Gasteiger partial charge < -0.3 is 5.73 Å². The third kappa shape index (κ3) is 1.16. The summed E-state index contributed by atoms with van der Waals surface area (Å²) >= 11 is 0. The molecule has 0 spiro atoms. The first-order chi connectivity index (χ1) is 6.59. The second-order valence-electron chi connectivity index (χ2n) is 3.36. The summed E-state index contributed by atoms with van der Waals surface area (Å²) in [6, 6.07) is 3.77. The number of carbonyl (C=O) groups excluding carboxylic acids is 1. The van der Waals surface area contributed by atoms with E-state index in [0.29, 0.717) is 5.69 Å². The summed E-state index contributed by atoms with van der Waals surface area (Å²) in [5, 5.41) is 4.81. The average Bonchev–Trinajstić information content (AvgIpc) is 2.47. The molecule has 0 amide bonds. The molecule has 0 radical (unpaired) electrons. The van der Waals surface area contributed by atoms with Crippen LogP contribution in [0.5, 0.6) is 0 Å². The lowest BCUT2D eigenvalue weighted by Crippen LogP contribution is -2.06. The van der Waals surface area contributed by atoms with Crippen LogP contribution in [0.4, 0.5) is 5.69 Å². The average molecular weight is 189 g/mol. The molecule has 2 N–H and O–H groups in total. The van der Waals surface area contributed by atoms with Gasteiger partial charge in [0.15, 0.2) is 0 Å². The Kier molecular flexibility index (Phi) is 1.77. The van der Waals surface area contributed by atoms with Gasteiger partial charge in [0.25, 0.3) is 0 Å². The van der Waals surface area contributed by atoms with Gasteiger partial charge in [0, 0.05) is 18.0 Å². The molecule has 0 saturated carbocycles. The molecule has 0 bridgehead atoms. The molecular formula is C10H11N3O. The molecule has 1 aromatic carbocycles. The number of hydrogen-bond acceptors (Lipinski definition) is 3. The summed E-state index contributed by atoms with van der Waals surface area (Å²) in [5.74, 6) is -0.106. The fraction of sp³-hybridized carbons (Fsp3) is 0.200. The van der Waals surface area contributed by atoms with Crippen molar-refractivity contribution in [3.8, 4) is 0 Å². The minimum atomic E-state index is -0.106.